The fraction of sp³-hybridized carbons (Fsp3) is 0.786. The number of aliphatic hydroxyl groups excluding tert-OH is 1. The molecule has 1 rings (SSSR count). The zero-order chi connectivity index (χ0) is 13.8. The number of hydrogen-bond acceptors (Lipinski definition) is 3. The van der Waals surface area contributed by atoms with Crippen LogP contribution in [0.5, 0.6) is 0 Å². The highest BCUT2D eigenvalue weighted by molar-refractivity contribution is 5.22. The molecule has 2 N–H and O–H groups in total. The van der Waals surface area contributed by atoms with Crippen LogP contribution >= 0.6 is 0 Å². The molecule has 0 saturated carbocycles. The summed E-state index contributed by atoms with van der Waals surface area (Å²) in [6.45, 7) is 9.51. The number of nitrogens with zero attached hydrogens (tertiary/aromatic N) is 2. The van der Waals surface area contributed by atoms with Gasteiger partial charge in [0.25, 0.3) is 0 Å². The Bertz CT molecular complexity index is 372. The van der Waals surface area contributed by atoms with Gasteiger partial charge in [-0.05, 0) is 52.6 Å². The Morgan fingerprint density at radius 2 is 2.00 bits per heavy atom. The maximum atomic E-state index is 9.49. The Kier molecular flexibility index (Phi) is 5.35. The van der Waals surface area contributed by atoms with Gasteiger partial charge in [0.1, 0.15) is 0 Å². The predicted octanol–water partition coefficient (Wildman–Crippen LogP) is 1.95. The highest BCUT2D eigenvalue weighted by Crippen LogP contribution is 2.18. The van der Waals surface area contributed by atoms with Crippen LogP contribution in [0.1, 0.15) is 43.1 Å². The van der Waals surface area contributed by atoms with Gasteiger partial charge in [-0.25, -0.2) is 0 Å². The number of hydrogen-bond donors (Lipinski definition) is 2. The average Bonchev–Trinajstić information content (AvgIpc) is 2.63. The first-order chi connectivity index (χ1) is 8.49. The van der Waals surface area contributed by atoms with Crippen LogP contribution < -0.4 is 5.32 Å². The molecule has 1 atom stereocenters. The largest absolute Gasteiger partial charge is 0.394 e. The maximum absolute atomic E-state index is 9.49. The van der Waals surface area contributed by atoms with E-state index in [0.717, 1.165) is 31.5 Å². The standard InChI is InChI=1S/C14H27N3O/c1-6-14(10-18,15-5)8-7-9-17-13(4)11(2)12(3)16-17/h15,18H,6-10H2,1-5H3. The Balaban J connectivity index is 2.58. The van der Waals surface area contributed by atoms with E-state index in [4.69, 9.17) is 0 Å². The van der Waals surface area contributed by atoms with Crippen molar-refractivity contribution in [3.8, 4) is 0 Å². The number of likely N-dealkylation sites (N-methyl/N-ethyl adjacent to an activating group) is 1. The van der Waals surface area contributed by atoms with Crippen LogP contribution in [-0.2, 0) is 6.54 Å². The zero-order valence-corrected chi connectivity index (χ0v) is 12.4. The van der Waals surface area contributed by atoms with Crippen molar-refractivity contribution in [2.75, 3.05) is 13.7 Å². The van der Waals surface area contributed by atoms with E-state index in [-0.39, 0.29) is 12.1 Å². The molecule has 0 radical (unpaired) electrons. The summed E-state index contributed by atoms with van der Waals surface area (Å²) in [6, 6.07) is 0. The minimum atomic E-state index is -0.134. The van der Waals surface area contributed by atoms with Gasteiger partial charge in [-0.2, -0.15) is 5.10 Å². The maximum Gasteiger partial charge on any atom is 0.0625 e. The third-order valence-electron chi connectivity index (χ3n) is 4.28. The van der Waals surface area contributed by atoms with Crippen molar-refractivity contribution in [3.63, 3.8) is 0 Å². The van der Waals surface area contributed by atoms with Gasteiger partial charge in [0.2, 0.25) is 0 Å². The number of aliphatic hydroxyl groups is 1. The van der Waals surface area contributed by atoms with Gasteiger partial charge >= 0.3 is 0 Å². The lowest BCUT2D eigenvalue weighted by Crippen LogP contribution is -2.46. The van der Waals surface area contributed by atoms with Crippen molar-refractivity contribution >= 4 is 0 Å². The van der Waals surface area contributed by atoms with E-state index in [0.29, 0.717) is 0 Å². The molecule has 1 aromatic rings. The van der Waals surface area contributed by atoms with E-state index in [2.05, 4.69) is 42.8 Å². The molecule has 0 bridgehead atoms. The second-order valence-corrected chi connectivity index (χ2v) is 5.16. The fourth-order valence-corrected chi connectivity index (χ4v) is 2.32. The van der Waals surface area contributed by atoms with E-state index >= 15 is 0 Å². The molecular weight excluding hydrogens is 226 g/mol. The molecule has 1 aromatic heterocycles. The zero-order valence-electron chi connectivity index (χ0n) is 12.4. The first-order valence-corrected chi connectivity index (χ1v) is 6.80. The van der Waals surface area contributed by atoms with Crippen molar-refractivity contribution in [1.82, 2.24) is 15.1 Å². The molecule has 0 fully saturated rings. The molecule has 1 heterocycles. The van der Waals surface area contributed by atoms with Crippen LogP contribution in [0.3, 0.4) is 0 Å². The van der Waals surface area contributed by atoms with Gasteiger partial charge < -0.3 is 10.4 Å². The minimum Gasteiger partial charge on any atom is -0.394 e. The predicted molar refractivity (Wildman–Crippen MR) is 74.8 cm³/mol. The third-order valence-corrected chi connectivity index (χ3v) is 4.28. The van der Waals surface area contributed by atoms with Gasteiger partial charge in [0, 0.05) is 17.8 Å². The summed E-state index contributed by atoms with van der Waals surface area (Å²) in [4.78, 5) is 0. The lowest BCUT2D eigenvalue weighted by Gasteiger charge is -2.30. The van der Waals surface area contributed by atoms with E-state index in [1.54, 1.807) is 0 Å². The Labute approximate surface area is 110 Å². The van der Waals surface area contributed by atoms with Crippen LogP contribution in [0.2, 0.25) is 0 Å². The van der Waals surface area contributed by atoms with Gasteiger partial charge in [-0.1, -0.05) is 6.92 Å². The third kappa shape index (κ3) is 3.12. The topological polar surface area (TPSA) is 50.1 Å². The molecule has 1 unspecified atom stereocenters. The van der Waals surface area contributed by atoms with Crippen LogP contribution in [-0.4, -0.2) is 34.1 Å². The Morgan fingerprint density at radius 1 is 1.33 bits per heavy atom. The van der Waals surface area contributed by atoms with Crippen LogP contribution in [0, 0.1) is 20.8 Å². The van der Waals surface area contributed by atoms with Gasteiger partial charge in [-0.3, -0.25) is 4.68 Å². The molecule has 0 aromatic carbocycles. The van der Waals surface area contributed by atoms with Gasteiger partial charge in [0.05, 0.1) is 12.3 Å². The molecule has 0 amide bonds. The summed E-state index contributed by atoms with van der Waals surface area (Å²) in [6.07, 6.45) is 2.93. The number of nitrogens with one attached hydrogen (secondary N) is 1. The van der Waals surface area contributed by atoms with Crippen molar-refractivity contribution in [3.05, 3.63) is 17.0 Å². The monoisotopic (exact) mass is 253 g/mol. The lowest BCUT2D eigenvalue weighted by atomic mass is 9.91. The molecule has 0 aliphatic carbocycles. The molecule has 0 aliphatic rings. The molecule has 18 heavy (non-hydrogen) atoms. The van der Waals surface area contributed by atoms with Crippen LogP contribution in [0.25, 0.3) is 0 Å². The van der Waals surface area contributed by atoms with Crippen molar-refractivity contribution in [2.24, 2.45) is 0 Å². The summed E-state index contributed by atoms with van der Waals surface area (Å²) >= 11 is 0. The summed E-state index contributed by atoms with van der Waals surface area (Å²) in [5, 5.41) is 17.3. The second kappa shape index (κ2) is 6.34. The number of aromatic nitrogens is 2. The summed E-state index contributed by atoms with van der Waals surface area (Å²) in [5.41, 5.74) is 3.52. The molecular formula is C14H27N3O. The summed E-state index contributed by atoms with van der Waals surface area (Å²) < 4.78 is 2.08. The molecule has 0 spiro atoms. The summed E-state index contributed by atoms with van der Waals surface area (Å²) in [5.74, 6) is 0. The van der Waals surface area contributed by atoms with E-state index in [9.17, 15) is 5.11 Å². The van der Waals surface area contributed by atoms with E-state index < -0.39 is 0 Å². The molecule has 0 saturated heterocycles. The van der Waals surface area contributed by atoms with Gasteiger partial charge in [0.15, 0.2) is 0 Å². The Morgan fingerprint density at radius 3 is 2.39 bits per heavy atom. The average molecular weight is 253 g/mol. The smallest absolute Gasteiger partial charge is 0.0625 e. The van der Waals surface area contributed by atoms with Crippen LogP contribution in [0.15, 0.2) is 0 Å². The van der Waals surface area contributed by atoms with Crippen molar-refractivity contribution < 1.29 is 5.11 Å². The van der Waals surface area contributed by atoms with Crippen molar-refractivity contribution in [2.45, 2.75) is 59.0 Å². The van der Waals surface area contributed by atoms with E-state index in [1.165, 1.54) is 11.3 Å². The van der Waals surface area contributed by atoms with Crippen molar-refractivity contribution in [1.29, 1.82) is 0 Å². The molecule has 4 nitrogen and oxygen atoms in total. The van der Waals surface area contributed by atoms with Crippen LogP contribution in [0.4, 0.5) is 0 Å². The highest BCUT2D eigenvalue weighted by atomic mass is 16.3. The van der Waals surface area contributed by atoms with Gasteiger partial charge in [-0.15, -0.1) is 0 Å². The lowest BCUT2D eigenvalue weighted by molar-refractivity contribution is 0.150. The highest BCUT2D eigenvalue weighted by Gasteiger charge is 2.24. The minimum absolute atomic E-state index is 0.134. The molecule has 0 aliphatic heterocycles. The molecule has 4 heteroatoms. The first-order valence-electron chi connectivity index (χ1n) is 6.80. The number of aryl methyl sites for hydroxylation is 2. The second-order valence-electron chi connectivity index (χ2n) is 5.16. The van der Waals surface area contributed by atoms with E-state index in [1.807, 2.05) is 7.05 Å². The SMILES string of the molecule is CCC(CO)(CCCn1nc(C)c(C)c1C)NC. The normalized spacial score (nSPS) is 14.8. The fourth-order valence-electron chi connectivity index (χ4n) is 2.32. The quantitative estimate of drug-likeness (QED) is 0.781. The first kappa shape index (κ1) is 15.2. The summed E-state index contributed by atoms with van der Waals surface area (Å²) in [7, 11) is 1.92. The Hall–Kier alpha value is -0.870. The molecule has 104 valence electrons. The number of rotatable bonds is 7.